The Labute approximate surface area is 140 Å². The molecule has 0 atom stereocenters. The smallest absolute Gasteiger partial charge is 0.337 e. The van der Waals surface area contributed by atoms with E-state index in [1.807, 2.05) is 19.1 Å². The Morgan fingerprint density at radius 2 is 2.05 bits per heavy atom. The van der Waals surface area contributed by atoms with Crippen molar-refractivity contribution in [2.24, 2.45) is 0 Å². The zero-order chi connectivity index (χ0) is 15.9. The van der Waals surface area contributed by atoms with Crippen molar-refractivity contribution in [1.29, 1.82) is 0 Å². The van der Waals surface area contributed by atoms with Crippen molar-refractivity contribution < 1.29 is 9.53 Å². The van der Waals surface area contributed by atoms with Gasteiger partial charge in [0.2, 0.25) is 0 Å². The Morgan fingerprint density at radius 1 is 1.32 bits per heavy atom. The number of nitrogens with one attached hydrogen (secondary N) is 1. The van der Waals surface area contributed by atoms with Gasteiger partial charge in [0, 0.05) is 29.7 Å². The molecular formula is C17H23BrN2O2. The molecule has 0 saturated heterocycles. The number of halogens is 1. The van der Waals surface area contributed by atoms with Gasteiger partial charge in [-0.15, -0.1) is 0 Å². The van der Waals surface area contributed by atoms with Crippen LogP contribution in [0, 0.1) is 0 Å². The van der Waals surface area contributed by atoms with Gasteiger partial charge >= 0.3 is 5.97 Å². The van der Waals surface area contributed by atoms with Crippen LogP contribution in [0.15, 0.2) is 40.0 Å². The van der Waals surface area contributed by atoms with Crippen molar-refractivity contribution in [1.82, 2.24) is 10.4 Å². The van der Waals surface area contributed by atoms with Gasteiger partial charge in [-0.2, -0.15) is 0 Å². The van der Waals surface area contributed by atoms with Gasteiger partial charge in [-0.1, -0.05) is 41.4 Å². The Kier molecular flexibility index (Phi) is 6.46. The molecule has 2 rings (SSSR count). The largest absolute Gasteiger partial charge is 0.463 e. The minimum absolute atomic E-state index is 0.207. The first kappa shape index (κ1) is 17.0. The third-order valence-electron chi connectivity index (χ3n) is 3.66. The molecule has 1 aliphatic heterocycles. The Hall–Kier alpha value is -1.33. The summed E-state index contributed by atoms with van der Waals surface area (Å²) < 4.78 is 6.25. The molecule has 0 bridgehead atoms. The molecule has 22 heavy (non-hydrogen) atoms. The van der Waals surface area contributed by atoms with Crippen molar-refractivity contribution in [3.63, 3.8) is 0 Å². The second-order valence-corrected chi connectivity index (χ2v) is 6.20. The molecule has 1 heterocycles. The second kappa shape index (κ2) is 8.34. The maximum absolute atomic E-state index is 12.2. The zero-order valence-corrected chi connectivity index (χ0v) is 14.8. The second-order valence-electron chi connectivity index (χ2n) is 5.29. The first-order chi connectivity index (χ1) is 10.7. The Bertz CT molecular complexity index is 540. The highest BCUT2D eigenvalue weighted by Crippen LogP contribution is 2.22. The van der Waals surface area contributed by atoms with Crippen LogP contribution in [0.25, 0.3) is 0 Å². The van der Waals surface area contributed by atoms with Crippen LogP contribution in [-0.4, -0.2) is 30.7 Å². The SMILES string of the molecule is CCCCN1NCC(C(=O)OCC)=C1Cc1ccc(Br)cc1. The summed E-state index contributed by atoms with van der Waals surface area (Å²) in [4.78, 5) is 12.2. The van der Waals surface area contributed by atoms with E-state index < -0.39 is 0 Å². The minimum atomic E-state index is -0.207. The quantitative estimate of drug-likeness (QED) is 0.750. The van der Waals surface area contributed by atoms with E-state index in [1.165, 1.54) is 5.56 Å². The normalized spacial score (nSPS) is 14.6. The average molecular weight is 367 g/mol. The number of unbranched alkanes of at least 4 members (excludes halogenated alkanes) is 1. The van der Waals surface area contributed by atoms with Gasteiger partial charge < -0.3 is 9.75 Å². The van der Waals surface area contributed by atoms with Gasteiger partial charge in [-0.25, -0.2) is 10.2 Å². The molecule has 4 nitrogen and oxygen atoms in total. The highest BCUT2D eigenvalue weighted by Gasteiger charge is 2.27. The van der Waals surface area contributed by atoms with Crippen LogP contribution < -0.4 is 5.43 Å². The third kappa shape index (κ3) is 4.34. The topological polar surface area (TPSA) is 41.6 Å². The summed E-state index contributed by atoms with van der Waals surface area (Å²) in [7, 11) is 0. The number of benzene rings is 1. The maximum Gasteiger partial charge on any atom is 0.337 e. The van der Waals surface area contributed by atoms with E-state index in [9.17, 15) is 4.79 Å². The highest BCUT2D eigenvalue weighted by atomic mass is 79.9. The highest BCUT2D eigenvalue weighted by molar-refractivity contribution is 9.10. The number of nitrogens with zero attached hydrogens (tertiary/aromatic N) is 1. The van der Waals surface area contributed by atoms with Gasteiger partial charge in [-0.05, 0) is 31.0 Å². The van der Waals surface area contributed by atoms with Gasteiger partial charge in [0.1, 0.15) is 0 Å². The van der Waals surface area contributed by atoms with Crippen LogP contribution in [0.5, 0.6) is 0 Å². The fraction of sp³-hybridized carbons (Fsp3) is 0.471. The molecule has 1 aliphatic rings. The van der Waals surface area contributed by atoms with E-state index in [-0.39, 0.29) is 5.97 Å². The molecule has 1 aromatic carbocycles. The molecule has 0 fully saturated rings. The fourth-order valence-electron chi connectivity index (χ4n) is 2.47. The number of allylic oxidation sites excluding steroid dienone is 1. The van der Waals surface area contributed by atoms with Crippen LogP contribution in [0.2, 0.25) is 0 Å². The van der Waals surface area contributed by atoms with E-state index in [2.05, 4.69) is 45.4 Å². The number of carbonyl (C=O) groups is 1. The monoisotopic (exact) mass is 366 g/mol. The molecule has 5 heteroatoms. The molecule has 0 aromatic heterocycles. The maximum atomic E-state index is 12.2. The van der Waals surface area contributed by atoms with Gasteiger partial charge in [-0.3, -0.25) is 0 Å². The van der Waals surface area contributed by atoms with Crippen LogP contribution in [-0.2, 0) is 16.0 Å². The summed E-state index contributed by atoms with van der Waals surface area (Å²) in [5.74, 6) is -0.207. The zero-order valence-electron chi connectivity index (χ0n) is 13.2. The van der Waals surface area contributed by atoms with Gasteiger partial charge in [0.05, 0.1) is 12.2 Å². The number of esters is 1. The fourth-order valence-corrected chi connectivity index (χ4v) is 2.74. The lowest BCUT2D eigenvalue weighted by molar-refractivity contribution is -0.138. The summed E-state index contributed by atoms with van der Waals surface area (Å²) in [6.07, 6.45) is 2.95. The summed E-state index contributed by atoms with van der Waals surface area (Å²) in [5, 5.41) is 2.11. The molecular weight excluding hydrogens is 344 g/mol. The first-order valence-electron chi connectivity index (χ1n) is 7.80. The number of ether oxygens (including phenoxy) is 1. The summed E-state index contributed by atoms with van der Waals surface area (Å²) >= 11 is 3.45. The van der Waals surface area contributed by atoms with Crippen molar-refractivity contribution in [3.05, 3.63) is 45.6 Å². The predicted molar refractivity (Wildman–Crippen MR) is 91.1 cm³/mol. The number of rotatable bonds is 7. The number of hydrazine groups is 1. The van der Waals surface area contributed by atoms with Gasteiger partial charge in [0.15, 0.2) is 0 Å². The van der Waals surface area contributed by atoms with Crippen LogP contribution >= 0.6 is 15.9 Å². The molecule has 0 amide bonds. The first-order valence-corrected chi connectivity index (χ1v) is 8.59. The van der Waals surface area contributed by atoms with E-state index >= 15 is 0 Å². The molecule has 120 valence electrons. The minimum Gasteiger partial charge on any atom is -0.463 e. The standard InChI is InChI=1S/C17H23BrN2O2/c1-3-5-10-20-16(11-13-6-8-14(18)9-7-13)15(12-19-20)17(21)22-4-2/h6-9,19H,3-5,10-12H2,1-2H3. The lowest BCUT2D eigenvalue weighted by Gasteiger charge is -2.22. The van der Waals surface area contributed by atoms with Crippen LogP contribution in [0.4, 0.5) is 0 Å². The van der Waals surface area contributed by atoms with Crippen molar-refractivity contribution in [2.75, 3.05) is 19.7 Å². The summed E-state index contributed by atoms with van der Waals surface area (Å²) in [5.41, 5.74) is 6.28. The Morgan fingerprint density at radius 3 is 2.68 bits per heavy atom. The van der Waals surface area contributed by atoms with Crippen molar-refractivity contribution in [3.8, 4) is 0 Å². The summed E-state index contributed by atoms with van der Waals surface area (Å²) in [6, 6.07) is 8.21. The average Bonchev–Trinajstić information content (AvgIpc) is 2.90. The molecule has 0 aliphatic carbocycles. The lowest BCUT2D eigenvalue weighted by Crippen LogP contribution is -2.33. The molecule has 0 radical (unpaired) electrons. The van der Waals surface area contributed by atoms with Gasteiger partial charge in [0.25, 0.3) is 0 Å². The number of hydrogen-bond acceptors (Lipinski definition) is 4. The van der Waals surface area contributed by atoms with Crippen LogP contribution in [0.1, 0.15) is 32.3 Å². The Balaban J connectivity index is 2.21. The molecule has 1 N–H and O–H groups in total. The van der Waals surface area contributed by atoms with Crippen molar-refractivity contribution in [2.45, 2.75) is 33.1 Å². The number of carbonyl (C=O) groups excluding carboxylic acids is 1. The molecule has 0 unspecified atom stereocenters. The number of hydrogen-bond donors (Lipinski definition) is 1. The molecule has 0 spiro atoms. The van der Waals surface area contributed by atoms with E-state index in [0.717, 1.165) is 41.6 Å². The third-order valence-corrected chi connectivity index (χ3v) is 4.19. The van der Waals surface area contributed by atoms with E-state index in [1.54, 1.807) is 0 Å². The van der Waals surface area contributed by atoms with E-state index in [4.69, 9.17) is 4.74 Å². The van der Waals surface area contributed by atoms with Crippen LogP contribution in [0.3, 0.4) is 0 Å². The predicted octanol–water partition coefficient (Wildman–Crippen LogP) is 3.43. The van der Waals surface area contributed by atoms with E-state index in [0.29, 0.717) is 13.2 Å². The molecule has 1 aromatic rings. The molecule has 0 saturated carbocycles. The summed E-state index contributed by atoms with van der Waals surface area (Å²) in [6.45, 7) is 5.87. The lowest BCUT2D eigenvalue weighted by atomic mass is 10.1. The van der Waals surface area contributed by atoms with Crippen molar-refractivity contribution >= 4 is 21.9 Å².